The van der Waals surface area contributed by atoms with Gasteiger partial charge in [0, 0.05) is 6.61 Å². The summed E-state index contributed by atoms with van der Waals surface area (Å²) in [5.41, 5.74) is 2.44. The summed E-state index contributed by atoms with van der Waals surface area (Å²) in [5.74, 6) is 0. The van der Waals surface area contributed by atoms with Gasteiger partial charge in [-0.15, -0.1) is 0 Å². The molecule has 0 radical (unpaired) electrons. The van der Waals surface area contributed by atoms with Crippen LogP contribution in [0, 0.1) is 0 Å². The van der Waals surface area contributed by atoms with Gasteiger partial charge in [-0.25, -0.2) is 0 Å². The van der Waals surface area contributed by atoms with Crippen molar-refractivity contribution in [2.24, 2.45) is 0 Å². The Morgan fingerprint density at radius 2 is 1.64 bits per heavy atom. The van der Waals surface area contributed by atoms with E-state index >= 15 is 0 Å². The summed E-state index contributed by atoms with van der Waals surface area (Å²) in [4.78, 5) is 0. The van der Waals surface area contributed by atoms with Crippen LogP contribution < -0.4 is 0 Å². The van der Waals surface area contributed by atoms with Crippen LogP contribution in [0.2, 0.25) is 16.6 Å². The average molecular weight is 172 g/mol. The lowest BCUT2D eigenvalue weighted by Crippen LogP contribution is -2.58. The molecule has 2 heteroatoms. The maximum atomic E-state index is 5.89. The summed E-state index contributed by atoms with van der Waals surface area (Å²) >= 11 is 0. The van der Waals surface area contributed by atoms with E-state index in [1.807, 2.05) is 0 Å². The van der Waals surface area contributed by atoms with Crippen molar-refractivity contribution in [3.8, 4) is 0 Å². The Hall–Kier alpha value is 0.177. The highest BCUT2D eigenvalue weighted by Crippen LogP contribution is 2.49. The molecule has 1 atom stereocenters. The topological polar surface area (TPSA) is 9.23 Å². The molecular weight excluding hydrogens is 152 g/mol. The molecule has 1 fully saturated rings. The van der Waals surface area contributed by atoms with Gasteiger partial charge in [0.25, 0.3) is 0 Å². The third-order valence-corrected chi connectivity index (χ3v) is 9.14. The third-order valence-electron chi connectivity index (χ3n) is 3.16. The first kappa shape index (κ1) is 9.27. The summed E-state index contributed by atoms with van der Waals surface area (Å²) in [6.07, 6.45) is 0. The smallest absolute Gasteiger partial charge is 0.202 e. The number of hydrogen-bond donors (Lipinski definition) is 0. The SMILES string of the molecule is CC(C)[Si]1(C(C)C)OCC1C. The van der Waals surface area contributed by atoms with E-state index in [1.54, 1.807) is 0 Å². The molecule has 66 valence electrons. The van der Waals surface area contributed by atoms with E-state index < -0.39 is 8.32 Å². The Balaban J connectivity index is 2.73. The van der Waals surface area contributed by atoms with Gasteiger partial charge in [-0.1, -0.05) is 34.6 Å². The van der Waals surface area contributed by atoms with Gasteiger partial charge in [0.2, 0.25) is 8.32 Å². The van der Waals surface area contributed by atoms with Crippen LogP contribution >= 0.6 is 0 Å². The quantitative estimate of drug-likeness (QED) is 0.581. The first-order valence-electron chi connectivity index (χ1n) is 4.65. The summed E-state index contributed by atoms with van der Waals surface area (Å²) in [7, 11) is -1.30. The Morgan fingerprint density at radius 3 is 1.64 bits per heavy atom. The van der Waals surface area contributed by atoms with Gasteiger partial charge in [0.05, 0.1) is 0 Å². The minimum absolute atomic E-state index is 0.784. The molecule has 0 aromatic carbocycles. The molecule has 0 aliphatic carbocycles. The average Bonchev–Trinajstić information content (AvgIpc) is 1.83. The van der Waals surface area contributed by atoms with E-state index in [0.717, 1.165) is 23.2 Å². The number of hydrogen-bond acceptors (Lipinski definition) is 1. The van der Waals surface area contributed by atoms with Crippen LogP contribution in [0.15, 0.2) is 0 Å². The fraction of sp³-hybridized carbons (Fsp3) is 1.00. The van der Waals surface area contributed by atoms with Crippen molar-refractivity contribution in [1.29, 1.82) is 0 Å². The van der Waals surface area contributed by atoms with Crippen LogP contribution in [0.25, 0.3) is 0 Å². The normalized spacial score (nSPS) is 29.2. The van der Waals surface area contributed by atoms with Gasteiger partial charge in [-0.05, 0) is 16.6 Å². The lowest BCUT2D eigenvalue weighted by molar-refractivity contribution is 0.196. The zero-order valence-electron chi connectivity index (χ0n) is 8.35. The Bertz CT molecular complexity index is 125. The summed E-state index contributed by atoms with van der Waals surface area (Å²) in [6.45, 7) is 12.7. The van der Waals surface area contributed by atoms with E-state index in [9.17, 15) is 0 Å². The minimum atomic E-state index is -1.30. The third kappa shape index (κ3) is 1.16. The van der Waals surface area contributed by atoms with Crippen molar-refractivity contribution >= 4 is 8.32 Å². The fourth-order valence-electron chi connectivity index (χ4n) is 2.58. The molecule has 0 N–H and O–H groups in total. The van der Waals surface area contributed by atoms with E-state index in [0.29, 0.717) is 0 Å². The van der Waals surface area contributed by atoms with E-state index in [2.05, 4.69) is 34.6 Å². The standard InChI is InChI=1S/C9H20OSi/c1-7(2)11(8(3)4)9(5)6-10-11/h7-9H,6H2,1-5H3. The second-order valence-electron chi connectivity index (χ2n) is 4.38. The van der Waals surface area contributed by atoms with Crippen molar-refractivity contribution in [3.05, 3.63) is 0 Å². The first-order chi connectivity index (χ1) is 5.01. The Labute approximate surface area is 71.3 Å². The summed E-state index contributed by atoms with van der Waals surface area (Å²) < 4.78 is 5.89. The molecule has 11 heavy (non-hydrogen) atoms. The van der Waals surface area contributed by atoms with Crippen molar-refractivity contribution in [2.45, 2.75) is 51.2 Å². The molecule has 1 saturated heterocycles. The predicted octanol–water partition coefficient (Wildman–Crippen LogP) is 3.17. The van der Waals surface area contributed by atoms with Crippen molar-refractivity contribution < 1.29 is 4.43 Å². The van der Waals surface area contributed by atoms with Crippen LogP contribution in [0.5, 0.6) is 0 Å². The predicted molar refractivity (Wildman–Crippen MR) is 51.3 cm³/mol. The molecular formula is C9H20OSi. The van der Waals surface area contributed by atoms with Crippen LogP contribution in [-0.2, 0) is 4.43 Å². The van der Waals surface area contributed by atoms with Crippen LogP contribution in [-0.4, -0.2) is 14.9 Å². The maximum Gasteiger partial charge on any atom is 0.202 e. The maximum absolute atomic E-state index is 5.89. The molecule has 1 aliphatic rings. The highest BCUT2D eigenvalue weighted by molar-refractivity contribution is 6.79. The summed E-state index contributed by atoms with van der Waals surface area (Å²) in [6, 6.07) is 0. The van der Waals surface area contributed by atoms with Crippen LogP contribution in [0.3, 0.4) is 0 Å². The first-order valence-corrected chi connectivity index (χ1v) is 6.79. The second kappa shape index (κ2) is 2.90. The molecule has 1 aliphatic heterocycles. The molecule has 0 saturated carbocycles. The van der Waals surface area contributed by atoms with Crippen molar-refractivity contribution in [2.75, 3.05) is 6.61 Å². The van der Waals surface area contributed by atoms with Gasteiger partial charge in [-0.2, -0.15) is 0 Å². The molecule has 1 unspecified atom stereocenters. The molecule has 0 amide bonds. The van der Waals surface area contributed by atoms with Gasteiger partial charge in [0.1, 0.15) is 0 Å². The number of rotatable bonds is 2. The van der Waals surface area contributed by atoms with Crippen LogP contribution in [0.4, 0.5) is 0 Å². The van der Waals surface area contributed by atoms with Crippen molar-refractivity contribution in [1.82, 2.24) is 0 Å². The van der Waals surface area contributed by atoms with Crippen molar-refractivity contribution in [3.63, 3.8) is 0 Å². The summed E-state index contributed by atoms with van der Waals surface area (Å²) in [5, 5.41) is 0. The Kier molecular flexibility index (Phi) is 2.45. The second-order valence-corrected chi connectivity index (χ2v) is 9.67. The molecule has 0 spiro atoms. The minimum Gasteiger partial charge on any atom is -0.416 e. The van der Waals surface area contributed by atoms with Gasteiger partial charge in [0.15, 0.2) is 0 Å². The molecule has 1 heterocycles. The van der Waals surface area contributed by atoms with Gasteiger partial charge < -0.3 is 4.43 Å². The zero-order chi connectivity index (χ0) is 8.65. The lowest BCUT2D eigenvalue weighted by atomic mass is 10.5. The fourth-order valence-corrected chi connectivity index (χ4v) is 7.74. The molecule has 0 aromatic heterocycles. The van der Waals surface area contributed by atoms with Gasteiger partial charge >= 0.3 is 0 Å². The Morgan fingerprint density at radius 1 is 1.18 bits per heavy atom. The highest BCUT2D eigenvalue weighted by Gasteiger charge is 2.53. The molecule has 1 rings (SSSR count). The van der Waals surface area contributed by atoms with Crippen LogP contribution in [0.1, 0.15) is 34.6 Å². The van der Waals surface area contributed by atoms with Gasteiger partial charge in [-0.3, -0.25) is 0 Å². The van der Waals surface area contributed by atoms with E-state index in [4.69, 9.17) is 4.43 Å². The zero-order valence-corrected chi connectivity index (χ0v) is 9.35. The molecule has 0 bridgehead atoms. The van der Waals surface area contributed by atoms with E-state index in [1.165, 1.54) is 0 Å². The molecule has 1 nitrogen and oxygen atoms in total. The highest BCUT2D eigenvalue weighted by atomic mass is 28.4. The molecule has 0 aromatic rings. The largest absolute Gasteiger partial charge is 0.416 e. The lowest BCUT2D eigenvalue weighted by Gasteiger charge is -2.51. The van der Waals surface area contributed by atoms with E-state index in [-0.39, 0.29) is 0 Å². The monoisotopic (exact) mass is 172 g/mol.